The zero-order valence-corrected chi connectivity index (χ0v) is 14.9. The smallest absolute Gasteiger partial charge is 0.161 e. The Hall–Kier alpha value is -0.740. The fourth-order valence-electron chi connectivity index (χ4n) is 3.42. The van der Waals surface area contributed by atoms with Gasteiger partial charge in [0.2, 0.25) is 0 Å². The van der Waals surface area contributed by atoms with Crippen molar-refractivity contribution < 1.29 is 14.6 Å². The first kappa shape index (κ1) is 16.6. The minimum Gasteiger partial charge on any atom is -0.493 e. The number of halogens is 1. The Morgan fingerprint density at radius 3 is 2.38 bits per heavy atom. The Morgan fingerprint density at radius 2 is 1.81 bits per heavy atom. The quantitative estimate of drug-likeness (QED) is 0.848. The standard InChI is InChI=1S/C17H25BrO3/c1-17(2)8-6-5-7-12(17)16(19)11-9-14(20-3)15(21-4)10-13(11)18/h9-10,12,16,19H,5-8H2,1-4H3. The van der Waals surface area contributed by atoms with Gasteiger partial charge in [0, 0.05) is 4.47 Å². The van der Waals surface area contributed by atoms with Gasteiger partial charge >= 0.3 is 0 Å². The highest BCUT2D eigenvalue weighted by Gasteiger charge is 2.38. The van der Waals surface area contributed by atoms with E-state index >= 15 is 0 Å². The first-order valence-corrected chi connectivity index (χ1v) is 8.29. The molecule has 118 valence electrons. The maximum absolute atomic E-state index is 10.9. The Morgan fingerprint density at radius 1 is 1.19 bits per heavy atom. The van der Waals surface area contributed by atoms with Crippen LogP contribution in [0.4, 0.5) is 0 Å². The van der Waals surface area contributed by atoms with Gasteiger partial charge in [-0.25, -0.2) is 0 Å². The number of rotatable bonds is 4. The largest absolute Gasteiger partial charge is 0.493 e. The normalized spacial score (nSPS) is 22.7. The van der Waals surface area contributed by atoms with Gasteiger partial charge in [0.25, 0.3) is 0 Å². The number of ether oxygens (including phenoxy) is 2. The lowest BCUT2D eigenvalue weighted by Crippen LogP contribution is -2.32. The molecule has 21 heavy (non-hydrogen) atoms. The van der Waals surface area contributed by atoms with Crippen LogP contribution in [0.25, 0.3) is 0 Å². The van der Waals surface area contributed by atoms with E-state index in [1.54, 1.807) is 14.2 Å². The molecule has 1 saturated carbocycles. The molecule has 0 amide bonds. The minimum atomic E-state index is -0.491. The van der Waals surface area contributed by atoms with Crippen LogP contribution in [0.1, 0.15) is 51.2 Å². The van der Waals surface area contributed by atoms with E-state index in [-0.39, 0.29) is 11.3 Å². The molecule has 0 aliphatic heterocycles. The monoisotopic (exact) mass is 356 g/mol. The molecule has 3 nitrogen and oxygen atoms in total. The van der Waals surface area contributed by atoms with E-state index in [1.807, 2.05) is 12.1 Å². The number of benzene rings is 1. The lowest BCUT2D eigenvalue weighted by Gasteiger charge is -2.41. The molecular weight excluding hydrogens is 332 g/mol. The molecular formula is C17H25BrO3. The Balaban J connectivity index is 2.36. The maximum atomic E-state index is 10.9. The van der Waals surface area contributed by atoms with Gasteiger partial charge in [0.05, 0.1) is 20.3 Å². The fraction of sp³-hybridized carbons (Fsp3) is 0.647. The second-order valence-corrected chi connectivity index (χ2v) is 7.37. The third-order valence-corrected chi connectivity index (χ3v) is 5.48. The van der Waals surface area contributed by atoms with Gasteiger partial charge in [-0.1, -0.05) is 42.6 Å². The lowest BCUT2D eigenvalue weighted by atomic mass is 9.65. The highest BCUT2D eigenvalue weighted by molar-refractivity contribution is 9.10. The summed E-state index contributed by atoms with van der Waals surface area (Å²) in [7, 11) is 3.23. The first-order valence-electron chi connectivity index (χ1n) is 7.50. The van der Waals surface area contributed by atoms with Crippen LogP contribution in [0.3, 0.4) is 0 Å². The van der Waals surface area contributed by atoms with Crippen molar-refractivity contribution in [1.29, 1.82) is 0 Å². The molecule has 1 N–H and O–H groups in total. The molecule has 2 unspecified atom stereocenters. The van der Waals surface area contributed by atoms with E-state index in [0.29, 0.717) is 11.5 Å². The summed E-state index contributed by atoms with van der Waals surface area (Å²) < 4.78 is 11.5. The van der Waals surface area contributed by atoms with Crippen molar-refractivity contribution in [3.63, 3.8) is 0 Å². The van der Waals surface area contributed by atoms with E-state index in [1.165, 1.54) is 19.3 Å². The van der Waals surface area contributed by atoms with E-state index in [4.69, 9.17) is 9.47 Å². The van der Waals surface area contributed by atoms with Crippen molar-refractivity contribution in [2.45, 2.75) is 45.6 Å². The van der Waals surface area contributed by atoms with Gasteiger partial charge in [-0.05, 0) is 41.9 Å². The van der Waals surface area contributed by atoms with Gasteiger partial charge in [0.1, 0.15) is 0 Å². The fourth-order valence-corrected chi connectivity index (χ4v) is 3.98. The second-order valence-electron chi connectivity index (χ2n) is 6.51. The van der Waals surface area contributed by atoms with Crippen molar-refractivity contribution in [2.24, 2.45) is 11.3 Å². The molecule has 0 saturated heterocycles. The molecule has 1 aliphatic carbocycles. The Bertz CT molecular complexity index is 499. The van der Waals surface area contributed by atoms with E-state index < -0.39 is 6.10 Å². The molecule has 0 radical (unpaired) electrons. The maximum Gasteiger partial charge on any atom is 0.161 e. The molecule has 1 aromatic carbocycles. The van der Waals surface area contributed by atoms with E-state index in [2.05, 4.69) is 29.8 Å². The number of hydrogen-bond donors (Lipinski definition) is 1. The molecule has 4 heteroatoms. The Labute approximate surface area is 135 Å². The summed E-state index contributed by atoms with van der Waals surface area (Å²) in [6.45, 7) is 4.52. The molecule has 0 bridgehead atoms. The van der Waals surface area contributed by atoms with Crippen LogP contribution < -0.4 is 9.47 Å². The van der Waals surface area contributed by atoms with E-state index in [9.17, 15) is 5.11 Å². The molecule has 1 fully saturated rings. The zero-order chi connectivity index (χ0) is 15.6. The third kappa shape index (κ3) is 3.37. The summed E-state index contributed by atoms with van der Waals surface area (Å²) in [4.78, 5) is 0. The van der Waals surface area contributed by atoms with Crippen LogP contribution in [0, 0.1) is 11.3 Å². The average molecular weight is 357 g/mol. The SMILES string of the molecule is COc1cc(Br)c(C(O)C2CCCCC2(C)C)cc1OC. The van der Waals surface area contributed by atoms with Gasteiger partial charge in [-0.2, -0.15) is 0 Å². The second kappa shape index (κ2) is 6.57. The number of hydrogen-bond acceptors (Lipinski definition) is 3. The van der Waals surface area contributed by atoms with Crippen LogP contribution in [0.2, 0.25) is 0 Å². The van der Waals surface area contributed by atoms with Gasteiger partial charge in [0.15, 0.2) is 11.5 Å². The van der Waals surface area contributed by atoms with Crippen LogP contribution in [-0.2, 0) is 0 Å². The highest BCUT2D eigenvalue weighted by Crippen LogP contribution is 2.49. The number of methoxy groups -OCH3 is 2. The zero-order valence-electron chi connectivity index (χ0n) is 13.3. The topological polar surface area (TPSA) is 38.7 Å². The third-order valence-electron chi connectivity index (χ3n) is 4.79. The van der Waals surface area contributed by atoms with Crippen LogP contribution in [0.5, 0.6) is 11.5 Å². The van der Waals surface area contributed by atoms with Crippen molar-refractivity contribution in [3.05, 3.63) is 22.2 Å². The predicted molar refractivity (Wildman–Crippen MR) is 87.9 cm³/mol. The Kier molecular flexibility index (Phi) is 5.20. The van der Waals surface area contributed by atoms with Crippen molar-refractivity contribution >= 4 is 15.9 Å². The van der Waals surface area contributed by atoms with Gasteiger partial charge in [-0.3, -0.25) is 0 Å². The van der Waals surface area contributed by atoms with Crippen molar-refractivity contribution in [1.82, 2.24) is 0 Å². The summed E-state index contributed by atoms with van der Waals surface area (Å²) >= 11 is 3.56. The minimum absolute atomic E-state index is 0.157. The van der Waals surface area contributed by atoms with Gasteiger partial charge < -0.3 is 14.6 Å². The molecule has 0 heterocycles. The summed E-state index contributed by atoms with van der Waals surface area (Å²) in [6.07, 6.45) is 4.18. The molecule has 2 atom stereocenters. The van der Waals surface area contributed by atoms with Crippen molar-refractivity contribution in [3.8, 4) is 11.5 Å². The van der Waals surface area contributed by atoms with Crippen LogP contribution in [-0.4, -0.2) is 19.3 Å². The average Bonchev–Trinajstić information content (AvgIpc) is 2.45. The molecule has 1 aromatic rings. The molecule has 2 rings (SSSR count). The number of aliphatic hydroxyl groups excluding tert-OH is 1. The van der Waals surface area contributed by atoms with E-state index in [0.717, 1.165) is 16.5 Å². The molecule has 0 aromatic heterocycles. The van der Waals surface area contributed by atoms with Gasteiger partial charge in [-0.15, -0.1) is 0 Å². The molecule has 1 aliphatic rings. The first-order chi connectivity index (χ1) is 9.90. The van der Waals surface area contributed by atoms with Crippen molar-refractivity contribution in [2.75, 3.05) is 14.2 Å². The summed E-state index contributed by atoms with van der Waals surface area (Å²) in [5.41, 5.74) is 1.04. The number of aliphatic hydroxyl groups is 1. The lowest BCUT2D eigenvalue weighted by molar-refractivity contribution is 0.00334. The summed E-state index contributed by atoms with van der Waals surface area (Å²) in [6, 6.07) is 3.76. The summed E-state index contributed by atoms with van der Waals surface area (Å²) in [5, 5.41) is 10.9. The van der Waals surface area contributed by atoms with Crippen LogP contribution in [0.15, 0.2) is 16.6 Å². The summed E-state index contributed by atoms with van der Waals surface area (Å²) in [5.74, 6) is 1.59. The highest BCUT2D eigenvalue weighted by atomic mass is 79.9. The molecule has 0 spiro atoms. The van der Waals surface area contributed by atoms with Crippen LogP contribution >= 0.6 is 15.9 Å². The predicted octanol–water partition coefficient (Wildman–Crippen LogP) is 4.72.